The van der Waals surface area contributed by atoms with Crippen molar-refractivity contribution in [3.05, 3.63) is 48.0 Å². The second-order valence-electron chi connectivity index (χ2n) is 7.28. The highest BCUT2D eigenvalue weighted by Gasteiger charge is 2.19. The molecule has 2 rings (SSSR count). The van der Waals surface area contributed by atoms with Gasteiger partial charge in [-0.2, -0.15) is 0 Å². The number of nitrogens with zero attached hydrogens (tertiary/aromatic N) is 1. The third-order valence-electron chi connectivity index (χ3n) is 5.08. The zero-order valence-corrected chi connectivity index (χ0v) is 20.1. The molecule has 32 heavy (non-hydrogen) atoms. The second-order valence-corrected chi connectivity index (χ2v) is 9.19. The molecule has 0 aliphatic rings. The van der Waals surface area contributed by atoms with E-state index < -0.39 is 10.0 Å². The van der Waals surface area contributed by atoms with E-state index >= 15 is 0 Å². The monoisotopic (exact) mass is 464 g/mol. The normalized spacial score (nSPS) is 12.0. The summed E-state index contributed by atoms with van der Waals surface area (Å²) in [6.07, 6.45) is 2.43. The lowest BCUT2D eigenvalue weighted by Crippen LogP contribution is -2.33. The van der Waals surface area contributed by atoms with Crippen LogP contribution in [0.5, 0.6) is 17.2 Å². The first-order chi connectivity index (χ1) is 15.2. The Balaban J connectivity index is 2.00. The zero-order valence-electron chi connectivity index (χ0n) is 19.3. The summed E-state index contributed by atoms with van der Waals surface area (Å²) in [5, 5.41) is 3.02. The molecule has 0 bridgehead atoms. The van der Waals surface area contributed by atoms with Crippen molar-refractivity contribution in [2.75, 3.05) is 38.4 Å². The zero-order chi connectivity index (χ0) is 23.7. The molecule has 0 aromatic heterocycles. The Labute approximate surface area is 190 Å². The van der Waals surface area contributed by atoms with Gasteiger partial charge in [0.2, 0.25) is 15.9 Å². The molecule has 9 heteroatoms. The molecular weight excluding hydrogens is 432 g/mol. The largest absolute Gasteiger partial charge is 0.497 e. The van der Waals surface area contributed by atoms with Gasteiger partial charge in [-0.05, 0) is 54.8 Å². The molecule has 176 valence electrons. The fraction of sp³-hybridized carbons (Fsp3) is 0.435. The summed E-state index contributed by atoms with van der Waals surface area (Å²) in [5.74, 6) is 1.72. The Morgan fingerprint density at radius 1 is 1.00 bits per heavy atom. The van der Waals surface area contributed by atoms with Gasteiger partial charge < -0.3 is 19.5 Å². The summed E-state index contributed by atoms with van der Waals surface area (Å²) < 4.78 is 41.5. The number of hydrogen-bond acceptors (Lipinski definition) is 6. The summed E-state index contributed by atoms with van der Waals surface area (Å²) in [4.78, 5) is 12.6. The van der Waals surface area contributed by atoms with Gasteiger partial charge >= 0.3 is 0 Å². The molecule has 0 unspecified atom stereocenters. The number of nitrogens with one attached hydrogen (secondary N) is 1. The summed E-state index contributed by atoms with van der Waals surface area (Å²) in [6, 6.07) is 12.1. The average molecular weight is 465 g/mol. The van der Waals surface area contributed by atoms with Gasteiger partial charge in [-0.15, -0.1) is 0 Å². The lowest BCUT2D eigenvalue weighted by molar-refractivity contribution is -0.121. The Hall–Kier alpha value is -2.94. The van der Waals surface area contributed by atoms with Crippen molar-refractivity contribution in [2.45, 2.75) is 32.2 Å². The molecule has 2 aromatic carbocycles. The minimum atomic E-state index is -3.49. The van der Waals surface area contributed by atoms with Crippen LogP contribution in [0.25, 0.3) is 0 Å². The second kappa shape index (κ2) is 11.6. The molecule has 1 N–H and O–H groups in total. The van der Waals surface area contributed by atoms with E-state index in [9.17, 15) is 13.2 Å². The number of ether oxygens (including phenoxy) is 3. The third-order valence-corrected chi connectivity index (χ3v) is 6.27. The first-order valence-electron chi connectivity index (χ1n) is 10.4. The quantitative estimate of drug-likeness (QED) is 0.517. The van der Waals surface area contributed by atoms with Crippen LogP contribution in [0.4, 0.5) is 5.69 Å². The molecule has 1 amide bonds. The summed E-state index contributed by atoms with van der Waals surface area (Å²) in [5.41, 5.74) is 1.44. The van der Waals surface area contributed by atoms with Gasteiger partial charge in [-0.25, -0.2) is 8.42 Å². The fourth-order valence-electron chi connectivity index (χ4n) is 3.38. The Bertz CT molecular complexity index is 992. The van der Waals surface area contributed by atoms with Crippen molar-refractivity contribution >= 4 is 21.6 Å². The van der Waals surface area contributed by atoms with Crippen molar-refractivity contribution in [3.63, 3.8) is 0 Å². The van der Waals surface area contributed by atoms with Crippen molar-refractivity contribution < 1.29 is 27.4 Å². The van der Waals surface area contributed by atoms with Crippen LogP contribution in [-0.4, -0.2) is 48.5 Å². The van der Waals surface area contributed by atoms with E-state index in [1.807, 2.05) is 25.1 Å². The molecule has 0 spiro atoms. The van der Waals surface area contributed by atoms with Gasteiger partial charge in [0.15, 0.2) is 11.5 Å². The van der Waals surface area contributed by atoms with Crippen LogP contribution in [-0.2, 0) is 14.8 Å². The fourth-order valence-corrected chi connectivity index (χ4v) is 4.34. The molecule has 0 heterocycles. The molecular formula is C23H32N2O6S. The van der Waals surface area contributed by atoms with Gasteiger partial charge in [-0.1, -0.05) is 13.0 Å². The molecule has 0 saturated carbocycles. The minimum Gasteiger partial charge on any atom is -0.497 e. The Morgan fingerprint density at radius 2 is 1.66 bits per heavy atom. The number of anilines is 1. The van der Waals surface area contributed by atoms with E-state index in [4.69, 9.17) is 14.2 Å². The molecule has 0 saturated heterocycles. The van der Waals surface area contributed by atoms with E-state index in [0.29, 0.717) is 35.8 Å². The van der Waals surface area contributed by atoms with E-state index in [-0.39, 0.29) is 24.9 Å². The Morgan fingerprint density at radius 3 is 2.19 bits per heavy atom. The number of hydrogen-bond donors (Lipinski definition) is 1. The van der Waals surface area contributed by atoms with Crippen LogP contribution in [0.2, 0.25) is 0 Å². The maximum atomic E-state index is 12.6. The predicted molar refractivity (Wildman–Crippen MR) is 125 cm³/mol. The van der Waals surface area contributed by atoms with Crippen LogP contribution in [0.3, 0.4) is 0 Å². The summed E-state index contributed by atoms with van der Waals surface area (Å²) >= 11 is 0. The van der Waals surface area contributed by atoms with Gasteiger partial charge in [0.25, 0.3) is 0 Å². The highest BCUT2D eigenvalue weighted by Crippen LogP contribution is 2.31. The maximum Gasteiger partial charge on any atom is 0.232 e. The molecule has 0 aliphatic carbocycles. The predicted octanol–water partition coefficient (Wildman–Crippen LogP) is 3.53. The van der Waals surface area contributed by atoms with Gasteiger partial charge in [0, 0.05) is 13.0 Å². The number of rotatable bonds is 12. The number of methoxy groups -OCH3 is 3. The minimum absolute atomic E-state index is 0.144. The molecule has 8 nitrogen and oxygen atoms in total. The first kappa shape index (κ1) is 25.3. The smallest absolute Gasteiger partial charge is 0.232 e. The summed E-state index contributed by atoms with van der Waals surface area (Å²) in [7, 11) is 1.20. The molecule has 2 aromatic rings. The molecule has 0 fully saturated rings. The Kier molecular flexibility index (Phi) is 9.19. The van der Waals surface area contributed by atoms with Gasteiger partial charge in [-0.3, -0.25) is 9.10 Å². The van der Waals surface area contributed by atoms with Crippen molar-refractivity contribution in [3.8, 4) is 17.2 Å². The number of benzene rings is 2. The maximum absolute atomic E-state index is 12.6. The molecule has 0 radical (unpaired) electrons. The highest BCUT2D eigenvalue weighted by molar-refractivity contribution is 7.92. The number of carbonyl (C=O) groups excluding carboxylic acids is 1. The number of sulfonamides is 1. The third kappa shape index (κ3) is 6.78. The molecule has 0 aliphatic heterocycles. The van der Waals surface area contributed by atoms with Crippen molar-refractivity contribution in [2.24, 2.45) is 0 Å². The van der Waals surface area contributed by atoms with E-state index in [0.717, 1.165) is 11.8 Å². The van der Waals surface area contributed by atoms with Gasteiger partial charge in [0.05, 0.1) is 39.3 Å². The lowest BCUT2D eigenvalue weighted by atomic mass is 10.0. The lowest BCUT2D eigenvalue weighted by Gasteiger charge is -2.23. The average Bonchev–Trinajstić information content (AvgIpc) is 2.79. The molecule has 1 atom stereocenters. The van der Waals surface area contributed by atoms with Crippen molar-refractivity contribution in [1.29, 1.82) is 0 Å². The summed E-state index contributed by atoms with van der Waals surface area (Å²) in [6.45, 7) is 2.18. The number of amides is 1. The number of carbonyl (C=O) groups is 1. The standard InChI is InChI=1S/C23H32N2O6S/c1-6-20(17-9-14-21(30-3)22(16-17)31-4)24-23(26)8-7-15-25(32(5,27)28)18-10-12-19(29-2)13-11-18/h9-14,16,20H,6-8,15H2,1-5H3,(H,24,26)/t20-/m1/s1. The van der Waals surface area contributed by atoms with E-state index in [1.165, 1.54) is 4.31 Å². The highest BCUT2D eigenvalue weighted by atomic mass is 32.2. The SMILES string of the molecule is CC[C@@H](NC(=O)CCCN(c1ccc(OC)cc1)S(C)(=O)=O)c1ccc(OC)c(OC)c1. The topological polar surface area (TPSA) is 94.2 Å². The van der Waals surface area contributed by atoms with Crippen LogP contribution in [0, 0.1) is 0 Å². The van der Waals surface area contributed by atoms with E-state index in [2.05, 4.69) is 5.32 Å². The first-order valence-corrected chi connectivity index (χ1v) is 12.2. The van der Waals surface area contributed by atoms with Crippen molar-refractivity contribution in [1.82, 2.24) is 5.32 Å². The van der Waals surface area contributed by atoms with Crippen LogP contribution in [0.1, 0.15) is 37.8 Å². The van der Waals surface area contributed by atoms with E-state index in [1.54, 1.807) is 45.6 Å². The van der Waals surface area contributed by atoms with Crippen LogP contribution < -0.4 is 23.8 Å². The van der Waals surface area contributed by atoms with Crippen LogP contribution in [0.15, 0.2) is 42.5 Å². The van der Waals surface area contributed by atoms with Gasteiger partial charge in [0.1, 0.15) is 5.75 Å². The van der Waals surface area contributed by atoms with Crippen LogP contribution >= 0.6 is 0 Å².